The molecule has 0 radical (unpaired) electrons. The summed E-state index contributed by atoms with van der Waals surface area (Å²) in [5.74, 6) is -0.163. The van der Waals surface area contributed by atoms with Crippen LogP contribution in [0.15, 0.2) is 81.7 Å². The summed E-state index contributed by atoms with van der Waals surface area (Å²) in [6.45, 7) is 1.87. The Morgan fingerprint density at radius 2 is 1.60 bits per heavy atom. The molecule has 7 heteroatoms. The molecule has 0 aliphatic carbocycles. The smallest absolute Gasteiger partial charge is 0.323 e. The first-order valence-electron chi connectivity index (χ1n) is 9.23. The summed E-state index contributed by atoms with van der Waals surface area (Å²) >= 11 is 3.42. The summed E-state index contributed by atoms with van der Waals surface area (Å²) in [6.07, 6.45) is 0. The Balaban J connectivity index is 1.49. The van der Waals surface area contributed by atoms with Gasteiger partial charge in [-0.05, 0) is 64.8 Å². The van der Waals surface area contributed by atoms with Crippen LogP contribution in [0.1, 0.15) is 16.1 Å². The molecule has 0 aliphatic rings. The van der Waals surface area contributed by atoms with E-state index >= 15 is 0 Å². The van der Waals surface area contributed by atoms with Crippen molar-refractivity contribution in [2.75, 3.05) is 16.0 Å². The molecule has 0 fully saturated rings. The Morgan fingerprint density at radius 1 is 0.833 bits per heavy atom. The van der Waals surface area contributed by atoms with Gasteiger partial charge in [-0.3, -0.25) is 4.79 Å². The molecular weight excluding hydrogens is 446 g/mol. The van der Waals surface area contributed by atoms with E-state index < -0.39 is 0 Å². The predicted octanol–water partition coefficient (Wildman–Crippen LogP) is 6.40. The van der Waals surface area contributed by atoms with Crippen LogP contribution in [0.4, 0.5) is 21.9 Å². The molecule has 0 spiro atoms. The van der Waals surface area contributed by atoms with Gasteiger partial charge in [0.2, 0.25) is 0 Å². The Morgan fingerprint density at radius 3 is 2.37 bits per heavy atom. The molecule has 30 heavy (non-hydrogen) atoms. The van der Waals surface area contributed by atoms with Gasteiger partial charge in [-0.2, -0.15) is 0 Å². The second-order valence-electron chi connectivity index (χ2n) is 6.70. The average molecular weight is 464 g/mol. The van der Waals surface area contributed by atoms with Crippen molar-refractivity contribution in [2.24, 2.45) is 0 Å². The van der Waals surface area contributed by atoms with Crippen LogP contribution >= 0.6 is 15.9 Å². The highest BCUT2D eigenvalue weighted by Crippen LogP contribution is 2.28. The average Bonchev–Trinajstić information content (AvgIpc) is 3.17. The molecule has 3 amide bonds. The van der Waals surface area contributed by atoms with Gasteiger partial charge >= 0.3 is 6.03 Å². The maximum absolute atomic E-state index is 12.7. The van der Waals surface area contributed by atoms with Crippen molar-refractivity contribution in [2.45, 2.75) is 6.92 Å². The number of hydrogen-bond acceptors (Lipinski definition) is 3. The molecule has 3 N–H and O–H groups in total. The van der Waals surface area contributed by atoms with Crippen molar-refractivity contribution < 1.29 is 14.0 Å². The number of fused-ring (bicyclic) bond motifs is 1. The van der Waals surface area contributed by atoms with Crippen LogP contribution in [0.3, 0.4) is 0 Å². The van der Waals surface area contributed by atoms with E-state index in [0.29, 0.717) is 22.6 Å². The molecule has 4 aromatic rings. The Bertz CT molecular complexity index is 1240. The highest BCUT2D eigenvalue weighted by molar-refractivity contribution is 9.10. The molecule has 1 heterocycles. The standard InChI is InChI=1S/C23H18BrN3O3/c1-14-10-11-17(26-23(29)25-16-7-3-2-4-8-16)13-19(14)27-22(28)20-12-15-6-5-9-18(24)21(15)30-20/h2-13H,1H3,(H,27,28)(H2,25,26,29). The zero-order valence-electron chi connectivity index (χ0n) is 16.0. The molecule has 1 aromatic heterocycles. The number of furan rings is 1. The van der Waals surface area contributed by atoms with E-state index in [0.717, 1.165) is 15.4 Å². The third-order valence-electron chi connectivity index (χ3n) is 4.50. The van der Waals surface area contributed by atoms with E-state index in [1.165, 1.54) is 0 Å². The van der Waals surface area contributed by atoms with Crippen LogP contribution in [0.25, 0.3) is 11.0 Å². The van der Waals surface area contributed by atoms with Crippen molar-refractivity contribution in [1.29, 1.82) is 0 Å². The SMILES string of the molecule is Cc1ccc(NC(=O)Nc2ccccc2)cc1NC(=O)c1cc2cccc(Br)c2o1. The minimum atomic E-state index is -0.371. The quantitative estimate of drug-likeness (QED) is 0.327. The summed E-state index contributed by atoms with van der Waals surface area (Å²) in [7, 11) is 0. The molecule has 3 aromatic carbocycles. The van der Waals surface area contributed by atoms with Crippen LogP contribution in [0.2, 0.25) is 0 Å². The molecule has 0 bridgehead atoms. The Kier molecular flexibility index (Phi) is 5.54. The van der Waals surface area contributed by atoms with Crippen LogP contribution < -0.4 is 16.0 Å². The topological polar surface area (TPSA) is 83.4 Å². The van der Waals surface area contributed by atoms with Gasteiger partial charge in [0.05, 0.1) is 4.47 Å². The number of benzene rings is 3. The van der Waals surface area contributed by atoms with Gasteiger partial charge in [0.25, 0.3) is 5.91 Å². The first kappa shape index (κ1) is 19.7. The fraction of sp³-hybridized carbons (Fsp3) is 0.0435. The molecule has 150 valence electrons. The first-order valence-corrected chi connectivity index (χ1v) is 10.0. The molecule has 0 aliphatic heterocycles. The lowest BCUT2D eigenvalue weighted by Gasteiger charge is -2.11. The van der Waals surface area contributed by atoms with Crippen molar-refractivity contribution in [3.05, 3.63) is 88.6 Å². The fourth-order valence-electron chi connectivity index (χ4n) is 2.97. The van der Waals surface area contributed by atoms with E-state index in [9.17, 15) is 9.59 Å². The summed E-state index contributed by atoms with van der Waals surface area (Å²) in [5, 5.41) is 9.21. The Labute approximate surface area is 181 Å². The zero-order chi connectivity index (χ0) is 21.1. The van der Waals surface area contributed by atoms with E-state index in [1.54, 1.807) is 30.3 Å². The molecule has 4 rings (SSSR count). The van der Waals surface area contributed by atoms with Gasteiger partial charge < -0.3 is 20.4 Å². The number of halogens is 1. The van der Waals surface area contributed by atoms with Crippen LogP contribution in [-0.4, -0.2) is 11.9 Å². The lowest BCUT2D eigenvalue weighted by molar-refractivity contribution is 0.0998. The number of carbonyl (C=O) groups excluding carboxylic acids is 2. The molecule has 6 nitrogen and oxygen atoms in total. The second-order valence-corrected chi connectivity index (χ2v) is 7.55. The molecule has 0 atom stereocenters. The van der Waals surface area contributed by atoms with E-state index in [4.69, 9.17) is 4.42 Å². The normalized spacial score (nSPS) is 10.6. The van der Waals surface area contributed by atoms with Gasteiger partial charge in [0.15, 0.2) is 5.76 Å². The van der Waals surface area contributed by atoms with Gasteiger partial charge in [0.1, 0.15) is 5.58 Å². The predicted molar refractivity (Wildman–Crippen MR) is 122 cm³/mol. The summed E-state index contributed by atoms with van der Waals surface area (Å²) in [4.78, 5) is 24.9. The number of rotatable bonds is 4. The summed E-state index contributed by atoms with van der Waals surface area (Å²) in [6, 6.07) is 21.4. The third kappa shape index (κ3) is 4.36. The van der Waals surface area contributed by atoms with Gasteiger partial charge in [-0.15, -0.1) is 0 Å². The maximum atomic E-state index is 12.7. The monoisotopic (exact) mass is 463 g/mol. The summed E-state index contributed by atoms with van der Waals surface area (Å²) < 4.78 is 6.48. The number of urea groups is 1. The van der Waals surface area contributed by atoms with Crippen LogP contribution in [0, 0.1) is 6.92 Å². The number of aryl methyl sites for hydroxylation is 1. The second kappa shape index (κ2) is 8.42. The molecule has 0 saturated heterocycles. The first-order chi connectivity index (χ1) is 14.5. The highest BCUT2D eigenvalue weighted by Gasteiger charge is 2.15. The van der Waals surface area contributed by atoms with Crippen LogP contribution in [0.5, 0.6) is 0 Å². The minimum absolute atomic E-state index is 0.205. The Hall–Kier alpha value is -3.58. The molecule has 0 saturated carbocycles. The number of hydrogen-bond donors (Lipinski definition) is 3. The minimum Gasteiger partial charge on any atom is -0.450 e. The molecular formula is C23H18BrN3O3. The number of anilines is 3. The van der Waals surface area contributed by atoms with Crippen LogP contribution in [-0.2, 0) is 0 Å². The fourth-order valence-corrected chi connectivity index (χ4v) is 3.44. The number of carbonyl (C=O) groups is 2. The lowest BCUT2D eigenvalue weighted by Crippen LogP contribution is -2.19. The van der Waals surface area contributed by atoms with Gasteiger partial charge in [-0.1, -0.05) is 36.4 Å². The largest absolute Gasteiger partial charge is 0.450 e. The van der Waals surface area contributed by atoms with E-state index in [-0.39, 0.29) is 17.7 Å². The maximum Gasteiger partial charge on any atom is 0.323 e. The van der Waals surface area contributed by atoms with E-state index in [2.05, 4.69) is 31.9 Å². The van der Waals surface area contributed by atoms with E-state index in [1.807, 2.05) is 49.4 Å². The number of amides is 3. The highest BCUT2D eigenvalue weighted by atomic mass is 79.9. The number of nitrogens with one attached hydrogen (secondary N) is 3. The van der Waals surface area contributed by atoms with Crippen molar-refractivity contribution in [3.63, 3.8) is 0 Å². The van der Waals surface area contributed by atoms with Gasteiger partial charge in [-0.25, -0.2) is 4.79 Å². The zero-order valence-corrected chi connectivity index (χ0v) is 17.6. The van der Waals surface area contributed by atoms with Crippen molar-refractivity contribution in [3.8, 4) is 0 Å². The molecule has 0 unspecified atom stereocenters. The summed E-state index contributed by atoms with van der Waals surface area (Å²) in [5.41, 5.74) is 3.29. The third-order valence-corrected chi connectivity index (χ3v) is 5.12. The van der Waals surface area contributed by atoms with Crippen molar-refractivity contribution in [1.82, 2.24) is 0 Å². The lowest BCUT2D eigenvalue weighted by atomic mass is 10.1. The van der Waals surface area contributed by atoms with Gasteiger partial charge in [0, 0.05) is 22.4 Å². The number of para-hydroxylation sites is 2. The van der Waals surface area contributed by atoms with Crippen molar-refractivity contribution >= 4 is 55.9 Å².